The number of aryl methyl sites for hydroxylation is 1. The Balaban J connectivity index is 1.78. The highest BCUT2D eigenvalue weighted by atomic mass is 32.2. The molecule has 0 fully saturated rings. The second-order valence-corrected chi connectivity index (χ2v) is 3.73. The van der Waals surface area contributed by atoms with Gasteiger partial charge in [-0.3, -0.25) is 4.68 Å². The average Bonchev–Trinajstić information content (AvgIpc) is 2.77. The highest BCUT2D eigenvalue weighted by molar-refractivity contribution is 7.99. The van der Waals surface area contributed by atoms with Crippen LogP contribution < -0.4 is 5.73 Å². The number of anilines is 1. The molecule has 14 heavy (non-hydrogen) atoms. The quantitative estimate of drug-likeness (QED) is 0.769. The van der Waals surface area contributed by atoms with Gasteiger partial charge in [0, 0.05) is 11.9 Å². The van der Waals surface area contributed by atoms with Crippen LogP contribution in [-0.4, -0.2) is 20.5 Å². The predicted molar refractivity (Wildman–Crippen MR) is 53.9 cm³/mol. The summed E-state index contributed by atoms with van der Waals surface area (Å²) in [5.41, 5.74) is 6.21. The van der Waals surface area contributed by atoms with Crippen molar-refractivity contribution >= 4 is 17.4 Å². The van der Waals surface area contributed by atoms with E-state index in [1.165, 1.54) is 0 Å². The van der Waals surface area contributed by atoms with Crippen LogP contribution in [0, 0.1) is 0 Å². The van der Waals surface area contributed by atoms with Crippen molar-refractivity contribution in [1.82, 2.24) is 14.8 Å². The van der Waals surface area contributed by atoms with E-state index in [-0.39, 0.29) is 0 Å². The maximum absolute atomic E-state index is 5.52. The minimum Gasteiger partial charge on any atom is -0.440 e. The summed E-state index contributed by atoms with van der Waals surface area (Å²) in [5, 5.41) is 4.75. The fourth-order valence-electron chi connectivity index (χ4n) is 1.01. The lowest BCUT2D eigenvalue weighted by atomic mass is 10.6. The molecule has 5 nitrogen and oxygen atoms in total. The zero-order valence-electron chi connectivity index (χ0n) is 7.46. The maximum Gasteiger partial charge on any atom is 0.255 e. The Labute approximate surface area is 85.3 Å². The van der Waals surface area contributed by atoms with Gasteiger partial charge in [0.25, 0.3) is 5.22 Å². The third kappa shape index (κ3) is 2.29. The van der Waals surface area contributed by atoms with E-state index in [0.717, 1.165) is 12.3 Å². The van der Waals surface area contributed by atoms with Gasteiger partial charge < -0.3 is 10.2 Å². The monoisotopic (exact) mass is 210 g/mol. The largest absolute Gasteiger partial charge is 0.440 e. The van der Waals surface area contributed by atoms with Crippen molar-refractivity contribution in [2.24, 2.45) is 0 Å². The van der Waals surface area contributed by atoms with Crippen LogP contribution in [0.1, 0.15) is 0 Å². The lowest BCUT2D eigenvalue weighted by Crippen LogP contribution is -2.00. The van der Waals surface area contributed by atoms with Crippen LogP contribution in [0.5, 0.6) is 0 Å². The zero-order valence-corrected chi connectivity index (χ0v) is 8.28. The summed E-state index contributed by atoms with van der Waals surface area (Å²) in [7, 11) is 0. The highest BCUT2D eigenvalue weighted by Gasteiger charge is 1.99. The fourth-order valence-corrected chi connectivity index (χ4v) is 1.72. The first-order valence-electron chi connectivity index (χ1n) is 4.15. The number of rotatable bonds is 4. The smallest absolute Gasteiger partial charge is 0.255 e. The van der Waals surface area contributed by atoms with E-state index in [4.69, 9.17) is 10.2 Å². The van der Waals surface area contributed by atoms with Crippen LogP contribution in [0.3, 0.4) is 0 Å². The Morgan fingerprint density at radius 1 is 1.57 bits per heavy atom. The molecular weight excluding hydrogens is 200 g/mol. The number of nitrogens with zero attached hydrogens (tertiary/aromatic N) is 3. The Kier molecular flexibility index (Phi) is 2.73. The lowest BCUT2D eigenvalue weighted by Gasteiger charge is -1.97. The van der Waals surface area contributed by atoms with Gasteiger partial charge in [-0.05, 0) is 0 Å². The number of oxazole rings is 1. The molecule has 0 saturated heterocycles. The van der Waals surface area contributed by atoms with Gasteiger partial charge in [0.1, 0.15) is 6.26 Å². The van der Waals surface area contributed by atoms with Gasteiger partial charge in [0.15, 0.2) is 0 Å². The summed E-state index contributed by atoms with van der Waals surface area (Å²) in [6.07, 6.45) is 6.63. The van der Waals surface area contributed by atoms with Crippen molar-refractivity contribution in [2.75, 3.05) is 11.5 Å². The third-order valence-electron chi connectivity index (χ3n) is 1.61. The van der Waals surface area contributed by atoms with Gasteiger partial charge in [0.2, 0.25) is 0 Å². The minimum atomic E-state index is 0.685. The van der Waals surface area contributed by atoms with Crippen LogP contribution in [0.4, 0.5) is 5.69 Å². The third-order valence-corrected chi connectivity index (χ3v) is 2.44. The topological polar surface area (TPSA) is 69.9 Å². The number of nitrogens with two attached hydrogens (primary N) is 1. The van der Waals surface area contributed by atoms with Gasteiger partial charge in [-0.15, -0.1) is 0 Å². The summed E-state index contributed by atoms with van der Waals surface area (Å²) in [6.45, 7) is 0.796. The Morgan fingerprint density at radius 3 is 3.14 bits per heavy atom. The van der Waals surface area contributed by atoms with Gasteiger partial charge in [0.05, 0.1) is 24.6 Å². The number of aromatic nitrogens is 3. The maximum atomic E-state index is 5.52. The SMILES string of the molecule is Nc1cnn(CCSc2ncco2)c1. The van der Waals surface area contributed by atoms with Crippen molar-refractivity contribution < 1.29 is 4.42 Å². The molecule has 6 heteroatoms. The highest BCUT2D eigenvalue weighted by Crippen LogP contribution is 2.14. The first-order chi connectivity index (χ1) is 6.84. The van der Waals surface area contributed by atoms with Crippen LogP contribution in [0.15, 0.2) is 34.5 Å². The molecule has 0 aliphatic rings. The average molecular weight is 210 g/mol. The standard InChI is InChI=1S/C8H10N4OS/c9-7-5-11-12(6-7)2-4-14-8-10-1-3-13-8/h1,3,5-6H,2,4,9H2. The number of nitrogen functional groups attached to an aromatic ring is 1. The molecule has 0 radical (unpaired) electrons. The van der Waals surface area contributed by atoms with Crippen molar-refractivity contribution in [1.29, 1.82) is 0 Å². The number of hydrogen-bond acceptors (Lipinski definition) is 5. The van der Waals surface area contributed by atoms with Crippen molar-refractivity contribution in [2.45, 2.75) is 11.8 Å². The molecule has 0 aliphatic carbocycles. The van der Waals surface area contributed by atoms with Crippen molar-refractivity contribution in [3.63, 3.8) is 0 Å². The molecule has 0 amide bonds. The second kappa shape index (κ2) is 4.19. The molecule has 2 aromatic rings. The minimum absolute atomic E-state index is 0.685. The summed E-state index contributed by atoms with van der Waals surface area (Å²) < 4.78 is 6.87. The van der Waals surface area contributed by atoms with Crippen molar-refractivity contribution in [3.8, 4) is 0 Å². The summed E-state index contributed by atoms with van der Waals surface area (Å²) in [4.78, 5) is 3.99. The normalized spacial score (nSPS) is 10.6. The zero-order chi connectivity index (χ0) is 9.80. The summed E-state index contributed by atoms with van der Waals surface area (Å²) in [5.74, 6) is 0.863. The summed E-state index contributed by atoms with van der Waals surface area (Å²) >= 11 is 1.55. The van der Waals surface area contributed by atoms with Gasteiger partial charge in [-0.2, -0.15) is 5.10 Å². The molecule has 74 valence electrons. The Morgan fingerprint density at radius 2 is 2.50 bits per heavy atom. The number of hydrogen-bond donors (Lipinski definition) is 1. The predicted octanol–water partition coefficient (Wildman–Crippen LogP) is 1.25. The van der Waals surface area contributed by atoms with E-state index in [0.29, 0.717) is 10.9 Å². The molecule has 0 spiro atoms. The van der Waals surface area contributed by atoms with Crippen LogP contribution in [0.2, 0.25) is 0 Å². The van der Waals surface area contributed by atoms with Crippen LogP contribution in [-0.2, 0) is 6.54 Å². The van der Waals surface area contributed by atoms with Gasteiger partial charge >= 0.3 is 0 Å². The second-order valence-electron chi connectivity index (χ2n) is 2.68. The van der Waals surface area contributed by atoms with E-state index < -0.39 is 0 Å². The van der Waals surface area contributed by atoms with E-state index in [1.54, 1.807) is 41.3 Å². The first kappa shape index (κ1) is 9.14. The summed E-state index contributed by atoms with van der Waals surface area (Å²) in [6, 6.07) is 0. The van der Waals surface area contributed by atoms with E-state index in [1.807, 2.05) is 0 Å². The van der Waals surface area contributed by atoms with Crippen LogP contribution >= 0.6 is 11.8 Å². The molecule has 0 saturated carbocycles. The molecule has 0 unspecified atom stereocenters. The van der Waals surface area contributed by atoms with Crippen LogP contribution in [0.25, 0.3) is 0 Å². The molecule has 2 N–H and O–H groups in total. The van der Waals surface area contributed by atoms with E-state index in [2.05, 4.69) is 10.1 Å². The van der Waals surface area contributed by atoms with Gasteiger partial charge in [-0.1, -0.05) is 11.8 Å². The first-order valence-corrected chi connectivity index (χ1v) is 5.13. The van der Waals surface area contributed by atoms with E-state index >= 15 is 0 Å². The molecular formula is C8H10N4OS. The van der Waals surface area contributed by atoms with Crippen molar-refractivity contribution in [3.05, 3.63) is 24.9 Å². The molecule has 0 aromatic carbocycles. The molecule has 0 atom stereocenters. The molecule has 0 bridgehead atoms. The molecule has 2 rings (SSSR count). The Hall–Kier alpha value is -1.43. The number of thioether (sulfide) groups is 1. The van der Waals surface area contributed by atoms with E-state index in [9.17, 15) is 0 Å². The Bertz CT molecular complexity index is 384. The van der Waals surface area contributed by atoms with Gasteiger partial charge in [-0.25, -0.2) is 4.98 Å². The molecule has 2 aromatic heterocycles. The molecule has 2 heterocycles. The fraction of sp³-hybridized carbons (Fsp3) is 0.250. The molecule has 0 aliphatic heterocycles. The lowest BCUT2D eigenvalue weighted by molar-refractivity contribution is 0.453.